The first-order chi connectivity index (χ1) is 15.2. The van der Waals surface area contributed by atoms with Crippen molar-refractivity contribution in [1.82, 2.24) is 15.0 Å². The summed E-state index contributed by atoms with van der Waals surface area (Å²) >= 11 is 0. The number of carbonyl (C=O) groups is 2. The molecule has 0 atom stereocenters. The Kier molecular flexibility index (Phi) is 11.6. The number of benzene rings is 1. The van der Waals surface area contributed by atoms with Crippen molar-refractivity contribution in [2.45, 2.75) is 103 Å². The van der Waals surface area contributed by atoms with Gasteiger partial charge in [0.05, 0.1) is 0 Å². The fourth-order valence-corrected chi connectivity index (χ4v) is 4.44. The summed E-state index contributed by atoms with van der Waals surface area (Å²) in [7, 11) is 0. The van der Waals surface area contributed by atoms with Crippen LogP contribution < -0.4 is 0 Å². The maximum Gasteiger partial charge on any atom is 0.216 e. The van der Waals surface area contributed by atoms with Crippen LogP contribution in [0.3, 0.4) is 0 Å². The second-order valence-electron chi connectivity index (χ2n) is 8.81. The van der Waals surface area contributed by atoms with Gasteiger partial charge in [0.2, 0.25) is 11.6 Å². The van der Waals surface area contributed by atoms with E-state index < -0.39 is 0 Å². The number of carbonyl (C=O) groups excluding carboxylic acids is 2. The molecule has 1 aliphatic carbocycles. The zero-order valence-electron chi connectivity index (χ0n) is 19.5. The van der Waals surface area contributed by atoms with Crippen LogP contribution in [0.1, 0.15) is 129 Å². The van der Waals surface area contributed by atoms with E-state index in [-0.39, 0.29) is 29.7 Å². The summed E-state index contributed by atoms with van der Waals surface area (Å²) in [6.45, 7) is 2.91. The SMILES string of the molecule is CCCCCCCCCCCCCCCCn1nnc2c1C(=O)c1ccccc1C2=O.Cl. The molecule has 0 saturated heterocycles. The van der Waals surface area contributed by atoms with Crippen LogP contribution in [0.5, 0.6) is 0 Å². The van der Waals surface area contributed by atoms with Crippen LogP contribution in [-0.4, -0.2) is 26.6 Å². The van der Waals surface area contributed by atoms with Crippen molar-refractivity contribution in [1.29, 1.82) is 0 Å². The highest BCUT2D eigenvalue weighted by molar-refractivity contribution is 6.26. The van der Waals surface area contributed by atoms with Crippen molar-refractivity contribution < 1.29 is 9.59 Å². The average Bonchev–Trinajstić information content (AvgIpc) is 3.22. The molecule has 0 fully saturated rings. The molecule has 3 rings (SSSR count). The minimum Gasteiger partial charge on any atom is -0.287 e. The molecular formula is C26H38ClN3O2. The van der Waals surface area contributed by atoms with Crippen LogP contribution in [0.25, 0.3) is 0 Å². The van der Waals surface area contributed by atoms with Crippen molar-refractivity contribution in [2.75, 3.05) is 0 Å². The second kappa shape index (κ2) is 14.2. The molecule has 0 spiro atoms. The van der Waals surface area contributed by atoms with Crippen LogP contribution in [-0.2, 0) is 6.54 Å². The van der Waals surface area contributed by atoms with E-state index in [1.165, 1.54) is 77.0 Å². The third-order valence-corrected chi connectivity index (χ3v) is 6.31. The molecular weight excluding hydrogens is 422 g/mol. The first kappa shape index (κ1) is 26.2. The van der Waals surface area contributed by atoms with Crippen molar-refractivity contribution in [2.24, 2.45) is 0 Å². The minimum absolute atomic E-state index is 0. The Morgan fingerprint density at radius 3 is 1.69 bits per heavy atom. The summed E-state index contributed by atoms with van der Waals surface area (Å²) in [5, 5.41) is 8.12. The summed E-state index contributed by atoms with van der Waals surface area (Å²) in [6.07, 6.45) is 18.3. The lowest BCUT2D eigenvalue weighted by Crippen LogP contribution is -2.23. The molecule has 0 aliphatic heterocycles. The van der Waals surface area contributed by atoms with Gasteiger partial charge in [-0.3, -0.25) is 9.59 Å². The lowest BCUT2D eigenvalue weighted by molar-refractivity contribution is 0.0970. The van der Waals surface area contributed by atoms with Gasteiger partial charge >= 0.3 is 0 Å². The van der Waals surface area contributed by atoms with Gasteiger partial charge in [-0.2, -0.15) is 0 Å². The highest BCUT2D eigenvalue weighted by Crippen LogP contribution is 2.25. The number of aromatic nitrogens is 3. The molecule has 0 radical (unpaired) electrons. The van der Waals surface area contributed by atoms with Gasteiger partial charge in [-0.05, 0) is 6.42 Å². The number of aryl methyl sites for hydroxylation is 1. The number of hydrogen-bond acceptors (Lipinski definition) is 4. The summed E-state index contributed by atoms with van der Waals surface area (Å²) in [4.78, 5) is 25.4. The minimum atomic E-state index is -0.197. The summed E-state index contributed by atoms with van der Waals surface area (Å²) in [6, 6.07) is 6.96. The first-order valence-electron chi connectivity index (χ1n) is 12.4. The maximum atomic E-state index is 12.8. The van der Waals surface area contributed by atoms with Gasteiger partial charge in [-0.1, -0.05) is 120 Å². The highest BCUT2D eigenvalue weighted by atomic mass is 35.5. The standard InChI is InChI=1S/C26H37N3O2.ClH/c1-2-3-4-5-6-7-8-9-10-11-12-13-14-17-20-29-24-23(27-28-29)25(30)21-18-15-16-19-22(21)26(24)31;/h15-16,18-19H,2-14,17,20H2,1H3;1H. The van der Waals surface area contributed by atoms with Crippen molar-refractivity contribution in [3.8, 4) is 0 Å². The zero-order valence-corrected chi connectivity index (χ0v) is 20.3. The summed E-state index contributed by atoms with van der Waals surface area (Å²) < 4.78 is 1.63. The molecule has 2 aromatic rings. The number of halogens is 1. The second-order valence-corrected chi connectivity index (χ2v) is 8.81. The molecule has 32 heavy (non-hydrogen) atoms. The Balaban J connectivity index is 0.00000363. The number of nitrogens with zero attached hydrogens (tertiary/aromatic N) is 3. The zero-order chi connectivity index (χ0) is 21.9. The van der Waals surface area contributed by atoms with E-state index in [1.54, 1.807) is 28.9 Å². The number of fused-ring (bicyclic) bond motifs is 2. The maximum absolute atomic E-state index is 12.8. The molecule has 0 saturated carbocycles. The van der Waals surface area contributed by atoms with Crippen LogP contribution in [0.4, 0.5) is 0 Å². The van der Waals surface area contributed by atoms with Gasteiger partial charge < -0.3 is 0 Å². The Morgan fingerprint density at radius 1 is 0.688 bits per heavy atom. The molecule has 0 bridgehead atoms. The number of hydrogen-bond donors (Lipinski definition) is 0. The normalized spacial score (nSPS) is 12.4. The molecule has 1 heterocycles. The smallest absolute Gasteiger partial charge is 0.216 e. The molecule has 1 aromatic heterocycles. The molecule has 176 valence electrons. The van der Waals surface area contributed by atoms with Crippen molar-refractivity contribution >= 4 is 24.0 Å². The number of rotatable bonds is 15. The summed E-state index contributed by atoms with van der Waals surface area (Å²) in [5.41, 5.74) is 1.46. The predicted molar refractivity (Wildman–Crippen MR) is 131 cm³/mol. The lowest BCUT2D eigenvalue weighted by atomic mass is 9.90. The largest absolute Gasteiger partial charge is 0.287 e. The van der Waals surface area contributed by atoms with Gasteiger partial charge in [0.15, 0.2) is 5.69 Å². The Labute approximate surface area is 198 Å². The van der Waals surface area contributed by atoms with E-state index in [9.17, 15) is 9.59 Å². The Bertz CT molecular complexity index is 863. The van der Waals surface area contributed by atoms with Gasteiger partial charge in [0, 0.05) is 17.7 Å². The average molecular weight is 460 g/mol. The van der Waals surface area contributed by atoms with E-state index in [0.29, 0.717) is 23.4 Å². The molecule has 1 aliphatic rings. The molecule has 0 N–H and O–H groups in total. The third-order valence-electron chi connectivity index (χ3n) is 6.31. The first-order valence-corrected chi connectivity index (χ1v) is 12.4. The number of unbranched alkanes of at least 4 members (excludes halogenated alkanes) is 13. The molecule has 0 amide bonds. The summed E-state index contributed by atoms with van der Waals surface area (Å²) in [5.74, 6) is -0.335. The van der Waals surface area contributed by atoms with Crippen LogP contribution in [0, 0.1) is 0 Å². The molecule has 1 aromatic carbocycles. The van der Waals surface area contributed by atoms with E-state index in [2.05, 4.69) is 17.2 Å². The predicted octanol–water partition coefficient (Wildman–Crippen LogP) is 6.96. The molecule has 5 nitrogen and oxygen atoms in total. The fourth-order valence-electron chi connectivity index (χ4n) is 4.44. The van der Waals surface area contributed by atoms with E-state index in [1.807, 2.05) is 0 Å². The van der Waals surface area contributed by atoms with Crippen molar-refractivity contribution in [3.63, 3.8) is 0 Å². The van der Waals surface area contributed by atoms with E-state index in [0.717, 1.165) is 12.8 Å². The van der Waals surface area contributed by atoms with Crippen LogP contribution in [0.15, 0.2) is 24.3 Å². The van der Waals surface area contributed by atoms with Gasteiger partial charge in [0.25, 0.3) is 0 Å². The van der Waals surface area contributed by atoms with Crippen molar-refractivity contribution in [3.05, 3.63) is 46.8 Å². The third kappa shape index (κ3) is 6.99. The lowest BCUT2D eigenvalue weighted by Gasteiger charge is -2.14. The van der Waals surface area contributed by atoms with E-state index in [4.69, 9.17) is 0 Å². The van der Waals surface area contributed by atoms with Gasteiger partial charge in [-0.25, -0.2) is 4.68 Å². The molecule has 0 unspecified atom stereocenters. The fraction of sp³-hybridized carbons (Fsp3) is 0.615. The van der Waals surface area contributed by atoms with Gasteiger partial charge in [0.1, 0.15) is 5.69 Å². The highest BCUT2D eigenvalue weighted by Gasteiger charge is 2.34. The van der Waals surface area contributed by atoms with Crippen LogP contribution >= 0.6 is 12.4 Å². The van der Waals surface area contributed by atoms with Crippen LogP contribution in [0.2, 0.25) is 0 Å². The topological polar surface area (TPSA) is 64.8 Å². The Morgan fingerprint density at radius 2 is 1.16 bits per heavy atom. The number of ketones is 2. The quantitative estimate of drug-likeness (QED) is 0.230. The Hall–Kier alpha value is -2.01. The van der Waals surface area contributed by atoms with E-state index >= 15 is 0 Å². The monoisotopic (exact) mass is 459 g/mol. The van der Waals surface area contributed by atoms with Gasteiger partial charge in [-0.15, -0.1) is 17.5 Å². The molecule has 6 heteroatoms.